The zero-order valence-corrected chi connectivity index (χ0v) is 14.5. The van der Waals surface area contributed by atoms with Gasteiger partial charge in [0.1, 0.15) is 11.9 Å². The van der Waals surface area contributed by atoms with E-state index >= 15 is 0 Å². The number of amides is 1. The average molecular weight is 351 g/mol. The van der Waals surface area contributed by atoms with Crippen molar-refractivity contribution in [1.82, 2.24) is 10.6 Å². The number of nitrogens with one attached hydrogen (secondary N) is 2. The van der Waals surface area contributed by atoms with Crippen molar-refractivity contribution < 1.29 is 14.3 Å². The third kappa shape index (κ3) is 8.44. The average Bonchev–Trinajstić information content (AvgIpc) is 2.49. The Kier molecular flexibility index (Phi) is 12.0. The van der Waals surface area contributed by atoms with E-state index in [2.05, 4.69) is 10.6 Å². The van der Waals surface area contributed by atoms with Crippen molar-refractivity contribution in [2.45, 2.75) is 19.4 Å². The quantitative estimate of drug-likeness (QED) is 0.635. The summed E-state index contributed by atoms with van der Waals surface area (Å²) in [6.45, 7) is 3.96. The lowest BCUT2D eigenvalue weighted by Crippen LogP contribution is -2.40. The Morgan fingerprint density at radius 1 is 1.36 bits per heavy atom. The minimum atomic E-state index is -0.104. The summed E-state index contributed by atoms with van der Waals surface area (Å²) in [5.41, 5.74) is 0. The maximum atomic E-state index is 11.6. The van der Waals surface area contributed by atoms with Gasteiger partial charge in [-0.05, 0) is 18.6 Å². The number of carbonyl (C=O) groups is 1. The highest BCUT2D eigenvalue weighted by Gasteiger charge is 2.11. The molecule has 0 fully saturated rings. The summed E-state index contributed by atoms with van der Waals surface area (Å²) in [7, 11) is 1.62. The first-order valence-corrected chi connectivity index (χ1v) is 7.42. The van der Waals surface area contributed by atoms with Gasteiger partial charge in [0, 0.05) is 13.7 Å². The minimum absolute atomic E-state index is 0. The van der Waals surface area contributed by atoms with Gasteiger partial charge in [0.25, 0.3) is 0 Å². The highest BCUT2D eigenvalue weighted by Crippen LogP contribution is 2.24. The normalized spacial score (nSPS) is 11.4. The molecule has 0 saturated heterocycles. The Morgan fingerprint density at radius 2 is 2.09 bits per heavy atom. The van der Waals surface area contributed by atoms with Crippen molar-refractivity contribution in [1.29, 1.82) is 0 Å². The van der Waals surface area contributed by atoms with Crippen molar-refractivity contribution in [3.63, 3.8) is 0 Å². The molecule has 22 heavy (non-hydrogen) atoms. The molecular formula is C15H24Cl2N2O3. The van der Waals surface area contributed by atoms with E-state index in [1.807, 2.05) is 25.1 Å². The van der Waals surface area contributed by atoms with Gasteiger partial charge in [0.2, 0.25) is 5.91 Å². The first-order valence-electron chi connectivity index (χ1n) is 7.05. The topological polar surface area (TPSA) is 59.6 Å². The zero-order chi connectivity index (χ0) is 15.5. The van der Waals surface area contributed by atoms with Crippen LogP contribution in [0.2, 0.25) is 5.02 Å². The lowest BCUT2D eigenvalue weighted by Gasteiger charge is -2.19. The molecule has 0 aliphatic carbocycles. The minimum Gasteiger partial charge on any atom is -0.487 e. The maximum Gasteiger partial charge on any atom is 0.234 e. The predicted molar refractivity (Wildman–Crippen MR) is 91.2 cm³/mol. The lowest BCUT2D eigenvalue weighted by atomic mass is 10.2. The molecule has 0 aliphatic heterocycles. The molecule has 1 unspecified atom stereocenters. The molecule has 1 atom stereocenters. The second-order valence-electron chi connectivity index (χ2n) is 4.55. The van der Waals surface area contributed by atoms with Gasteiger partial charge in [-0.15, -0.1) is 12.4 Å². The van der Waals surface area contributed by atoms with Crippen LogP contribution >= 0.6 is 24.0 Å². The summed E-state index contributed by atoms with van der Waals surface area (Å²) in [5.74, 6) is 0.575. The number of methoxy groups -OCH3 is 1. The highest BCUT2D eigenvalue weighted by molar-refractivity contribution is 6.32. The monoisotopic (exact) mass is 350 g/mol. The largest absolute Gasteiger partial charge is 0.487 e. The number of benzene rings is 1. The van der Waals surface area contributed by atoms with E-state index in [0.717, 1.165) is 6.42 Å². The molecule has 1 aromatic rings. The van der Waals surface area contributed by atoms with Crippen LogP contribution in [0.15, 0.2) is 24.3 Å². The van der Waals surface area contributed by atoms with Gasteiger partial charge < -0.3 is 20.1 Å². The number of para-hydroxylation sites is 1. The fourth-order valence-electron chi connectivity index (χ4n) is 1.66. The zero-order valence-electron chi connectivity index (χ0n) is 12.9. The maximum absolute atomic E-state index is 11.6. The fraction of sp³-hybridized carbons (Fsp3) is 0.533. The molecule has 1 rings (SSSR count). The van der Waals surface area contributed by atoms with Gasteiger partial charge in [0.05, 0.1) is 24.7 Å². The Balaban J connectivity index is 0.00000441. The Morgan fingerprint density at radius 3 is 2.73 bits per heavy atom. The van der Waals surface area contributed by atoms with Gasteiger partial charge >= 0.3 is 0 Å². The number of carbonyl (C=O) groups excluding carboxylic acids is 1. The van der Waals surface area contributed by atoms with Crippen LogP contribution in [-0.4, -0.2) is 45.4 Å². The molecule has 2 N–H and O–H groups in total. The molecule has 0 aromatic heterocycles. The van der Waals surface area contributed by atoms with E-state index in [0.29, 0.717) is 30.5 Å². The smallest absolute Gasteiger partial charge is 0.234 e. The number of rotatable bonds is 10. The van der Waals surface area contributed by atoms with Gasteiger partial charge in [0.15, 0.2) is 0 Å². The summed E-state index contributed by atoms with van der Waals surface area (Å²) in [6.07, 6.45) is 0.676. The van der Waals surface area contributed by atoms with E-state index in [-0.39, 0.29) is 31.0 Å². The highest BCUT2D eigenvalue weighted by atomic mass is 35.5. The van der Waals surface area contributed by atoms with E-state index in [9.17, 15) is 4.79 Å². The van der Waals surface area contributed by atoms with Gasteiger partial charge in [-0.2, -0.15) is 0 Å². The molecule has 0 spiro atoms. The second-order valence-corrected chi connectivity index (χ2v) is 4.96. The third-order valence-corrected chi connectivity index (χ3v) is 3.19. The van der Waals surface area contributed by atoms with Gasteiger partial charge in [-0.25, -0.2) is 0 Å². The summed E-state index contributed by atoms with van der Waals surface area (Å²) >= 11 is 6.05. The Labute approximate surface area is 143 Å². The summed E-state index contributed by atoms with van der Waals surface area (Å²) in [6, 6.07) is 7.32. The van der Waals surface area contributed by atoms with Crippen molar-refractivity contribution in [3.8, 4) is 5.75 Å². The van der Waals surface area contributed by atoms with Crippen molar-refractivity contribution in [2.24, 2.45) is 0 Å². The van der Waals surface area contributed by atoms with Crippen LogP contribution in [0, 0.1) is 0 Å². The van der Waals surface area contributed by atoms with E-state index < -0.39 is 0 Å². The number of halogens is 2. The molecule has 0 radical (unpaired) electrons. The number of hydrogen-bond acceptors (Lipinski definition) is 4. The van der Waals surface area contributed by atoms with Crippen LogP contribution in [0.25, 0.3) is 0 Å². The van der Waals surface area contributed by atoms with E-state index in [1.54, 1.807) is 13.2 Å². The van der Waals surface area contributed by atoms with Crippen molar-refractivity contribution in [3.05, 3.63) is 29.3 Å². The Hall–Kier alpha value is -1.01. The molecule has 0 heterocycles. The van der Waals surface area contributed by atoms with Crippen molar-refractivity contribution >= 4 is 29.9 Å². The molecule has 0 bridgehead atoms. The molecule has 126 valence electrons. The SMILES string of the molecule is CCC(CNC(=O)CNCCOC)Oc1ccccc1Cl.Cl. The van der Waals surface area contributed by atoms with Crippen LogP contribution in [0.3, 0.4) is 0 Å². The van der Waals surface area contributed by atoms with Crippen LogP contribution in [0.4, 0.5) is 0 Å². The van der Waals surface area contributed by atoms with Gasteiger partial charge in [-0.1, -0.05) is 30.7 Å². The second kappa shape index (κ2) is 12.5. The van der Waals surface area contributed by atoms with Crippen LogP contribution < -0.4 is 15.4 Å². The number of ether oxygens (including phenoxy) is 2. The predicted octanol–water partition coefficient (Wildman–Crippen LogP) is 2.27. The third-order valence-electron chi connectivity index (χ3n) is 2.88. The van der Waals surface area contributed by atoms with Crippen LogP contribution in [-0.2, 0) is 9.53 Å². The van der Waals surface area contributed by atoms with Crippen LogP contribution in [0.5, 0.6) is 5.75 Å². The van der Waals surface area contributed by atoms with Crippen LogP contribution in [0.1, 0.15) is 13.3 Å². The molecule has 0 aliphatic rings. The standard InChI is InChI=1S/C15H23ClN2O3.ClH/c1-3-12(21-14-7-5-4-6-13(14)16)10-18-15(19)11-17-8-9-20-2;/h4-7,12,17H,3,8-11H2,1-2H3,(H,18,19);1H. The molecule has 5 nitrogen and oxygen atoms in total. The summed E-state index contributed by atoms with van der Waals surface area (Å²) in [4.78, 5) is 11.6. The molecule has 7 heteroatoms. The summed E-state index contributed by atoms with van der Waals surface area (Å²) < 4.78 is 10.7. The van der Waals surface area contributed by atoms with E-state index in [4.69, 9.17) is 21.1 Å². The van der Waals surface area contributed by atoms with E-state index in [1.165, 1.54) is 0 Å². The summed E-state index contributed by atoms with van der Waals surface area (Å²) in [5, 5.41) is 6.40. The fourth-order valence-corrected chi connectivity index (χ4v) is 1.84. The molecule has 1 amide bonds. The first kappa shape index (κ1) is 21.0. The lowest BCUT2D eigenvalue weighted by molar-refractivity contribution is -0.120. The molecule has 1 aromatic carbocycles. The Bertz CT molecular complexity index is 433. The van der Waals surface area contributed by atoms with Gasteiger partial charge in [-0.3, -0.25) is 4.79 Å². The number of hydrogen-bond donors (Lipinski definition) is 2. The molecule has 0 saturated carbocycles. The first-order chi connectivity index (χ1) is 10.2. The molecular weight excluding hydrogens is 327 g/mol. The van der Waals surface area contributed by atoms with Crippen molar-refractivity contribution in [2.75, 3.05) is 33.4 Å².